The fourth-order valence-electron chi connectivity index (χ4n) is 4.89. The summed E-state index contributed by atoms with van der Waals surface area (Å²) in [5.41, 5.74) is 1.25. The van der Waals surface area contributed by atoms with Gasteiger partial charge in [-0.2, -0.15) is 4.31 Å². The number of carbonyl (C=O) groups is 2. The highest BCUT2D eigenvalue weighted by Gasteiger charge is 2.40. The number of unbranched alkanes of at least 4 members (excludes halogenated alkanes) is 1. The molecule has 4 rings (SSSR count). The fourth-order valence-corrected chi connectivity index (χ4v) is 7.41. The molecular weight excluding hydrogens is 627 g/mol. The minimum Gasteiger partial charge on any atom is -0.487 e. The predicted molar refractivity (Wildman–Crippen MR) is 171 cm³/mol. The van der Waals surface area contributed by atoms with Gasteiger partial charge in [-0.05, 0) is 77.6 Å². The van der Waals surface area contributed by atoms with Gasteiger partial charge in [-0.3, -0.25) is 4.79 Å². The number of nitrogens with zero attached hydrogens (tertiary/aromatic N) is 2. The summed E-state index contributed by atoms with van der Waals surface area (Å²) < 4.78 is 40.1. The molecule has 2 amide bonds. The van der Waals surface area contributed by atoms with Gasteiger partial charge in [-0.25, -0.2) is 18.2 Å². The Morgan fingerprint density at radius 1 is 1.05 bits per heavy atom. The van der Waals surface area contributed by atoms with Crippen LogP contribution < -0.4 is 15.4 Å². The Bertz CT molecular complexity index is 1630. The minimum absolute atomic E-state index is 0.0505. The van der Waals surface area contributed by atoms with Gasteiger partial charge in [-0.1, -0.05) is 41.4 Å². The van der Waals surface area contributed by atoms with E-state index in [9.17, 15) is 18.0 Å². The molecule has 0 saturated carbocycles. The van der Waals surface area contributed by atoms with Crippen LogP contribution in [0.5, 0.6) is 5.75 Å². The van der Waals surface area contributed by atoms with E-state index >= 15 is 0 Å². The summed E-state index contributed by atoms with van der Waals surface area (Å²) in [6.45, 7) is 8.08. The quantitative estimate of drug-likeness (QED) is 0.241. The van der Waals surface area contributed by atoms with Crippen LogP contribution in [-0.2, 0) is 26.2 Å². The van der Waals surface area contributed by atoms with Gasteiger partial charge in [0.15, 0.2) is 0 Å². The largest absolute Gasteiger partial charge is 0.487 e. The highest BCUT2D eigenvalue weighted by molar-refractivity contribution is 7.89. The smallest absolute Gasteiger partial charge is 0.407 e. The lowest BCUT2D eigenvalue weighted by Gasteiger charge is -2.24. The Morgan fingerprint density at radius 2 is 1.77 bits per heavy atom. The number of aromatic nitrogens is 1. The lowest BCUT2D eigenvalue weighted by molar-refractivity contribution is -0.124. The Kier molecular flexibility index (Phi) is 11.0. The zero-order chi connectivity index (χ0) is 32.1. The topological polar surface area (TPSA) is 127 Å². The highest BCUT2D eigenvalue weighted by Crippen LogP contribution is 2.36. The zero-order valence-electron chi connectivity index (χ0n) is 25.3. The van der Waals surface area contributed by atoms with Crippen LogP contribution >= 0.6 is 23.2 Å². The number of rotatable bonds is 11. The normalized spacial score (nSPS) is 15.7. The third-order valence-corrected chi connectivity index (χ3v) is 9.86. The SMILES string of the molecule is Cc1ccc2cccc(OCc3c(Cl)ccc(S(=O)(=O)N4CCC[C@H]4C(=O)NCCCCNC(=O)OC(C)(C)C)c3Cl)c2n1. The van der Waals surface area contributed by atoms with E-state index in [1.54, 1.807) is 26.8 Å². The van der Waals surface area contributed by atoms with Gasteiger partial charge in [0.2, 0.25) is 15.9 Å². The van der Waals surface area contributed by atoms with Crippen LogP contribution in [0.4, 0.5) is 4.79 Å². The summed E-state index contributed by atoms with van der Waals surface area (Å²) in [7, 11) is -4.14. The van der Waals surface area contributed by atoms with E-state index in [4.69, 9.17) is 32.7 Å². The molecule has 1 saturated heterocycles. The molecule has 1 aliphatic heterocycles. The van der Waals surface area contributed by atoms with Crippen LogP contribution in [0.25, 0.3) is 10.9 Å². The van der Waals surface area contributed by atoms with Crippen molar-refractivity contribution in [3.8, 4) is 5.75 Å². The van der Waals surface area contributed by atoms with Gasteiger partial charge in [0.25, 0.3) is 0 Å². The van der Waals surface area contributed by atoms with Crippen molar-refractivity contribution in [2.75, 3.05) is 19.6 Å². The second-order valence-electron chi connectivity index (χ2n) is 11.6. The number of ether oxygens (including phenoxy) is 2. The number of fused-ring (bicyclic) bond motifs is 1. The van der Waals surface area contributed by atoms with Crippen LogP contribution in [-0.4, -0.2) is 61.0 Å². The Morgan fingerprint density at radius 3 is 2.50 bits per heavy atom. The van der Waals surface area contributed by atoms with Gasteiger partial charge in [0, 0.05) is 41.3 Å². The number of amides is 2. The van der Waals surface area contributed by atoms with E-state index in [1.165, 1.54) is 16.4 Å². The summed E-state index contributed by atoms with van der Waals surface area (Å²) in [6.07, 6.45) is 1.64. The maximum atomic E-state index is 13.8. The molecule has 0 radical (unpaired) electrons. The van der Waals surface area contributed by atoms with Gasteiger partial charge in [-0.15, -0.1) is 0 Å². The molecule has 1 aromatic heterocycles. The van der Waals surface area contributed by atoms with Crippen LogP contribution in [0, 0.1) is 6.92 Å². The molecule has 13 heteroatoms. The summed E-state index contributed by atoms with van der Waals surface area (Å²) in [4.78, 5) is 29.2. The first-order valence-electron chi connectivity index (χ1n) is 14.5. The van der Waals surface area contributed by atoms with Crippen LogP contribution in [0.2, 0.25) is 10.0 Å². The zero-order valence-corrected chi connectivity index (χ0v) is 27.6. The molecule has 44 heavy (non-hydrogen) atoms. The molecule has 0 unspecified atom stereocenters. The lowest BCUT2D eigenvalue weighted by Crippen LogP contribution is -2.46. The molecule has 2 aromatic carbocycles. The van der Waals surface area contributed by atoms with Crippen molar-refractivity contribution in [3.63, 3.8) is 0 Å². The van der Waals surface area contributed by atoms with Crippen LogP contribution in [0.1, 0.15) is 57.7 Å². The van der Waals surface area contributed by atoms with Gasteiger partial charge in [0.1, 0.15) is 34.4 Å². The average molecular weight is 666 g/mol. The fraction of sp³-hybridized carbons (Fsp3) is 0.452. The minimum atomic E-state index is -4.14. The lowest BCUT2D eigenvalue weighted by atomic mass is 10.2. The molecular formula is C31H38Cl2N4O6S. The predicted octanol–water partition coefficient (Wildman–Crippen LogP) is 6.00. The first-order chi connectivity index (χ1) is 20.8. The maximum Gasteiger partial charge on any atom is 0.407 e. The van der Waals surface area contributed by atoms with E-state index in [1.807, 2.05) is 31.2 Å². The molecule has 0 spiro atoms. The molecule has 1 atom stereocenters. The monoisotopic (exact) mass is 664 g/mol. The summed E-state index contributed by atoms with van der Waals surface area (Å²) in [6, 6.07) is 11.4. The number of alkyl carbamates (subject to hydrolysis) is 1. The van der Waals surface area contributed by atoms with Gasteiger partial charge < -0.3 is 20.1 Å². The molecule has 1 fully saturated rings. The van der Waals surface area contributed by atoms with E-state index < -0.39 is 27.8 Å². The van der Waals surface area contributed by atoms with E-state index in [0.29, 0.717) is 55.6 Å². The number of hydrogen-bond donors (Lipinski definition) is 2. The highest BCUT2D eigenvalue weighted by atomic mass is 35.5. The van der Waals surface area contributed by atoms with Crippen LogP contribution in [0.15, 0.2) is 47.4 Å². The van der Waals surface area contributed by atoms with Crippen molar-refractivity contribution in [1.82, 2.24) is 19.9 Å². The average Bonchev–Trinajstić information content (AvgIpc) is 3.45. The Balaban J connectivity index is 1.39. The van der Waals surface area contributed by atoms with Crippen molar-refractivity contribution in [3.05, 3.63) is 63.8 Å². The molecule has 2 heterocycles. The molecule has 0 bridgehead atoms. The van der Waals surface area contributed by atoms with Gasteiger partial charge in [0.05, 0.1) is 5.02 Å². The van der Waals surface area contributed by atoms with Crippen molar-refractivity contribution >= 4 is 56.1 Å². The Hall–Kier alpha value is -3.12. The number of aryl methyl sites for hydroxylation is 1. The number of benzene rings is 2. The van der Waals surface area contributed by atoms with Crippen molar-refractivity contribution < 1.29 is 27.5 Å². The number of halogens is 2. The number of hydrogen-bond acceptors (Lipinski definition) is 7. The molecule has 2 N–H and O–H groups in total. The summed E-state index contributed by atoms with van der Waals surface area (Å²) in [5, 5.41) is 6.61. The van der Waals surface area contributed by atoms with Crippen molar-refractivity contribution in [1.29, 1.82) is 0 Å². The molecule has 238 valence electrons. The van der Waals surface area contributed by atoms with Crippen LogP contribution in [0.3, 0.4) is 0 Å². The molecule has 3 aromatic rings. The third kappa shape index (κ3) is 8.32. The van der Waals surface area contributed by atoms with E-state index in [-0.39, 0.29) is 34.0 Å². The standard InChI is InChI=1S/C31H38Cl2N4O6S/c1-20-12-13-21-9-7-11-25(28(21)36-20)42-19-22-23(32)14-15-26(27(22)33)44(40,41)37-18-8-10-24(37)29(38)34-16-5-6-17-35-30(39)43-31(2,3)4/h7,9,11-15,24H,5-6,8,10,16-19H2,1-4H3,(H,34,38)(H,35,39)/t24-/m0/s1. The van der Waals surface area contributed by atoms with E-state index in [2.05, 4.69) is 15.6 Å². The Labute approximate surface area is 268 Å². The third-order valence-electron chi connectivity index (χ3n) is 7.01. The second-order valence-corrected chi connectivity index (χ2v) is 14.3. The second kappa shape index (κ2) is 14.3. The molecule has 10 nitrogen and oxygen atoms in total. The molecule has 1 aliphatic rings. The number of pyridine rings is 1. The number of sulfonamides is 1. The number of para-hydroxylation sites is 1. The number of nitrogens with one attached hydrogen (secondary N) is 2. The maximum absolute atomic E-state index is 13.8. The first kappa shape index (κ1) is 33.8. The van der Waals surface area contributed by atoms with Crippen molar-refractivity contribution in [2.24, 2.45) is 0 Å². The molecule has 0 aliphatic carbocycles. The summed E-state index contributed by atoms with van der Waals surface area (Å²) in [5.74, 6) is 0.141. The number of carbonyl (C=O) groups excluding carboxylic acids is 2. The first-order valence-corrected chi connectivity index (χ1v) is 16.7. The summed E-state index contributed by atoms with van der Waals surface area (Å²) >= 11 is 13.1. The van der Waals surface area contributed by atoms with E-state index in [0.717, 1.165) is 11.1 Å². The van der Waals surface area contributed by atoms with Gasteiger partial charge >= 0.3 is 6.09 Å². The van der Waals surface area contributed by atoms with Crippen molar-refractivity contribution in [2.45, 2.75) is 76.5 Å².